The molecular formula is C13H15Br. The van der Waals surface area contributed by atoms with Crippen molar-refractivity contribution in [3.8, 4) is 0 Å². The van der Waals surface area contributed by atoms with Crippen LogP contribution in [0.5, 0.6) is 0 Å². The third-order valence-corrected chi connectivity index (χ3v) is 3.28. The largest absolute Gasteiger partial charge is 0.125 e. The summed E-state index contributed by atoms with van der Waals surface area (Å²) in [5.74, 6) is 0. The highest BCUT2D eigenvalue weighted by Crippen LogP contribution is 2.22. The molecule has 0 amide bonds. The number of allylic oxidation sites excluding steroid dienone is 1. The molecule has 0 aliphatic heterocycles. The number of hydrogen-bond acceptors (Lipinski definition) is 0. The number of aryl methyl sites for hydroxylation is 2. The molecule has 0 aliphatic carbocycles. The molecular weight excluding hydrogens is 236 g/mol. The Morgan fingerprint density at radius 2 is 1.86 bits per heavy atom. The first kappa shape index (κ1) is 11.3. The second-order valence-electron chi connectivity index (χ2n) is 3.39. The Hall–Kier alpha value is -0.780. The molecule has 0 N–H and O–H groups in total. The zero-order chi connectivity index (χ0) is 10.6. The summed E-state index contributed by atoms with van der Waals surface area (Å²) in [5.41, 5.74) is 6.92. The molecule has 1 rings (SSSR count). The van der Waals surface area contributed by atoms with Crippen LogP contribution in [-0.2, 0) is 0 Å². The lowest BCUT2D eigenvalue weighted by molar-refractivity contribution is 1.23. The minimum absolute atomic E-state index is 1.03. The molecule has 0 fully saturated rings. The maximum Gasteiger partial charge on any atom is 0.0234 e. The second kappa shape index (κ2) is 5.19. The fourth-order valence-corrected chi connectivity index (χ4v) is 1.56. The molecule has 0 unspecified atom stereocenters. The highest BCUT2D eigenvalue weighted by molar-refractivity contribution is 9.10. The smallest absolute Gasteiger partial charge is 0.0234 e. The van der Waals surface area contributed by atoms with Gasteiger partial charge in [0.15, 0.2) is 0 Å². The molecule has 0 aliphatic rings. The number of rotatable bonds is 2. The molecule has 0 spiro atoms. The fraction of sp³-hybridized carbons (Fsp3) is 0.308. The summed E-state index contributed by atoms with van der Waals surface area (Å²) in [7, 11) is 0. The minimum atomic E-state index is 1.03. The Morgan fingerprint density at radius 3 is 2.36 bits per heavy atom. The van der Waals surface area contributed by atoms with Crippen molar-refractivity contribution in [1.82, 2.24) is 0 Å². The van der Waals surface area contributed by atoms with Gasteiger partial charge in [0, 0.05) is 4.47 Å². The standard InChI is InChI=1S/C13H15Br/c1-4-5-6-7-12-8-10(2)13(14)11(3)9-12/h5,7-9H,4H2,1-3H3. The van der Waals surface area contributed by atoms with Crippen LogP contribution in [0.2, 0.25) is 0 Å². The highest BCUT2D eigenvalue weighted by Gasteiger charge is 1.99. The van der Waals surface area contributed by atoms with Gasteiger partial charge in [-0.25, -0.2) is 0 Å². The first-order valence-corrected chi connectivity index (χ1v) is 5.62. The third kappa shape index (κ3) is 2.87. The van der Waals surface area contributed by atoms with Gasteiger partial charge in [-0.2, -0.15) is 0 Å². The monoisotopic (exact) mass is 250 g/mol. The van der Waals surface area contributed by atoms with Crippen LogP contribution in [0.25, 0.3) is 6.08 Å². The van der Waals surface area contributed by atoms with Gasteiger partial charge in [0.2, 0.25) is 0 Å². The molecule has 0 atom stereocenters. The van der Waals surface area contributed by atoms with Crippen molar-refractivity contribution < 1.29 is 0 Å². The van der Waals surface area contributed by atoms with Gasteiger partial charge in [-0.05, 0) is 49.1 Å². The quantitative estimate of drug-likeness (QED) is 0.671. The van der Waals surface area contributed by atoms with E-state index in [0.717, 1.165) is 6.42 Å². The molecule has 0 nitrogen and oxygen atoms in total. The summed E-state index contributed by atoms with van der Waals surface area (Å²) in [4.78, 5) is 0. The van der Waals surface area contributed by atoms with E-state index in [1.165, 1.54) is 21.2 Å². The van der Waals surface area contributed by atoms with E-state index in [-0.39, 0.29) is 0 Å². The van der Waals surface area contributed by atoms with E-state index in [9.17, 15) is 0 Å². The molecule has 0 saturated carbocycles. The lowest BCUT2D eigenvalue weighted by atomic mass is 10.1. The van der Waals surface area contributed by atoms with E-state index in [2.05, 4.69) is 54.6 Å². The molecule has 74 valence electrons. The summed E-state index contributed by atoms with van der Waals surface area (Å²) in [6.07, 6.45) is 5.09. The highest BCUT2D eigenvalue weighted by atomic mass is 79.9. The van der Waals surface area contributed by atoms with Crippen molar-refractivity contribution >= 4 is 22.0 Å². The molecule has 0 heterocycles. The van der Waals surface area contributed by atoms with Crippen molar-refractivity contribution in [3.63, 3.8) is 0 Å². The minimum Gasteiger partial charge on any atom is -0.125 e. The van der Waals surface area contributed by atoms with Crippen LogP contribution in [0.3, 0.4) is 0 Å². The Labute approximate surface area is 94.5 Å². The van der Waals surface area contributed by atoms with Crippen LogP contribution in [-0.4, -0.2) is 0 Å². The number of halogens is 1. The summed E-state index contributed by atoms with van der Waals surface area (Å²) in [6.45, 7) is 6.33. The van der Waals surface area contributed by atoms with E-state index >= 15 is 0 Å². The Bertz CT molecular complexity index is 359. The van der Waals surface area contributed by atoms with Crippen molar-refractivity contribution in [2.75, 3.05) is 0 Å². The number of hydrogen-bond donors (Lipinski definition) is 0. The molecule has 0 saturated heterocycles. The average molecular weight is 251 g/mol. The summed E-state index contributed by atoms with van der Waals surface area (Å²) >= 11 is 3.55. The van der Waals surface area contributed by atoms with Crippen molar-refractivity contribution in [1.29, 1.82) is 0 Å². The lowest BCUT2D eigenvalue weighted by Crippen LogP contribution is -1.83. The van der Waals surface area contributed by atoms with Gasteiger partial charge < -0.3 is 0 Å². The van der Waals surface area contributed by atoms with Gasteiger partial charge in [0.05, 0.1) is 0 Å². The Morgan fingerprint density at radius 1 is 1.29 bits per heavy atom. The van der Waals surface area contributed by atoms with Crippen LogP contribution in [0.15, 0.2) is 28.4 Å². The zero-order valence-electron chi connectivity index (χ0n) is 8.89. The van der Waals surface area contributed by atoms with Crippen LogP contribution in [0, 0.1) is 13.8 Å². The number of benzene rings is 1. The molecule has 0 bridgehead atoms. The van der Waals surface area contributed by atoms with Gasteiger partial charge in [0.25, 0.3) is 0 Å². The third-order valence-electron chi connectivity index (χ3n) is 2.03. The van der Waals surface area contributed by atoms with Crippen LogP contribution in [0.1, 0.15) is 30.0 Å². The summed E-state index contributed by atoms with van der Waals surface area (Å²) in [5, 5.41) is 0. The van der Waals surface area contributed by atoms with Crippen molar-refractivity contribution in [2.45, 2.75) is 27.2 Å². The predicted molar refractivity (Wildman–Crippen MR) is 66.5 cm³/mol. The normalized spacial score (nSPS) is 9.43. The van der Waals surface area contributed by atoms with Gasteiger partial charge >= 0.3 is 0 Å². The average Bonchev–Trinajstić information content (AvgIpc) is 2.14. The van der Waals surface area contributed by atoms with E-state index in [0.29, 0.717) is 0 Å². The fourth-order valence-electron chi connectivity index (χ4n) is 1.34. The van der Waals surface area contributed by atoms with Crippen molar-refractivity contribution in [3.05, 3.63) is 45.1 Å². The summed E-state index contributed by atoms with van der Waals surface area (Å²) < 4.78 is 1.20. The van der Waals surface area contributed by atoms with E-state index < -0.39 is 0 Å². The molecule has 0 radical (unpaired) electrons. The second-order valence-corrected chi connectivity index (χ2v) is 4.19. The molecule has 0 aromatic heterocycles. The first-order valence-electron chi connectivity index (χ1n) is 4.83. The van der Waals surface area contributed by atoms with Gasteiger partial charge in [-0.1, -0.05) is 35.0 Å². The van der Waals surface area contributed by atoms with Gasteiger partial charge in [0.1, 0.15) is 0 Å². The van der Waals surface area contributed by atoms with Crippen LogP contribution < -0.4 is 0 Å². The Kier molecular flexibility index (Phi) is 4.19. The van der Waals surface area contributed by atoms with Gasteiger partial charge in [-0.15, -0.1) is 5.73 Å². The van der Waals surface area contributed by atoms with Crippen LogP contribution >= 0.6 is 15.9 Å². The predicted octanol–water partition coefficient (Wildman–Crippen LogP) is 4.64. The summed E-state index contributed by atoms with van der Waals surface area (Å²) in [6, 6.07) is 4.32. The lowest BCUT2D eigenvalue weighted by Gasteiger charge is -2.03. The first-order chi connectivity index (χ1) is 6.65. The van der Waals surface area contributed by atoms with Crippen LogP contribution in [0.4, 0.5) is 0 Å². The van der Waals surface area contributed by atoms with E-state index in [4.69, 9.17) is 0 Å². The van der Waals surface area contributed by atoms with Crippen molar-refractivity contribution in [2.24, 2.45) is 0 Å². The molecule has 1 heteroatoms. The maximum atomic E-state index is 3.55. The zero-order valence-corrected chi connectivity index (χ0v) is 10.5. The maximum absolute atomic E-state index is 3.55. The topological polar surface area (TPSA) is 0 Å². The van der Waals surface area contributed by atoms with Gasteiger partial charge in [-0.3, -0.25) is 0 Å². The van der Waals surface area contributed by atoms with E-state index in [1.54, 1.807) is 0 Å². The Balaban J connectivity index is 3.07. The molecule has 1 aromatic rings. The van der Waals surface area contributed by atoms with E-state index in [1.807, 2.05) is 12.2 Å². The molecule has 1 aromatic carbocycles. The SMILES string of the molecule is CCC=C=Cc1cc(C)c(Br)c(C)c1. The molecule has 14 heavy (non-hydrogen) atoms.